The van der Waals surface area contributed by atoms with Crippen molar-refractivity contribution in [2.24, 2.45) is 0 Å². The lowest BCUT2D eigenvalue weighted by molar-refractivity contribution is -0.131. The molecule has 0 saturated carbocycles. The maximum atomic E-state index is 12.7. The van der Waals surface area contributed by atoms with E-state index in [1.54, 1.807) is 18.2 Å². The number of rotatable bonds is 12. The third kappa shape index (κ3) is 9.06. The molecule has 0 radical (unpaired) electrons. The third-order valence-electron chi connectivity index (χ3n) is 4.98. The van der Waals surface area contributed by atoms with Crippen LogP contribution < -0.4 is 10.1 Å². The number of halogens is 1. The Morgan fingerprint density at radius 2 is 1.79 bits per heavy atom. The molecule has 184 valence electrons. The molecular formula is C26H33ClN2O5. The Balaban J connectivity index is 2.25. The highest BCUT2D eigenvalue weighted by Gasteiger charge is 2.19. The predicted molar refractivity (Wildman–Crippen MR) is 133 cm³/mol. The van der Waals surface area contributed by atoms with Crippen LogP contribution in [0.25, 0.3) is 11.1 Å². The number of nitrogens with zero attached hydrogens (tertiary/aromatic N) is 1. The van der Waals surface area contributed by atoms with E-state index in [-0.39, 0.29) is 19.0 Å². The fourth-order valence-corrected chi connectivity index (χ4v) is 3.42. The quantitative estimate of drug-likeness (QED) is 0.239. The van der Waals surface area contributed by atoms with Gasteiger partial charge in [-0.05, 0) is 48.2 Å². The van der Waals surface area contributed by atoms with E-state index in [0.29, 0.717) is 29.5 Å². The molecule has 2 rings (SSSR count). The Kier molecular flexibility index (Phi) is 11.4. The molecule has 0 fully saturated rings. The van der Waals surface area contributed by atoms with Gasteiger partial charge in [0.1, 0.15) is 12.3 Å². The number of hydrogen-bond acceptors (Lipinski definition) is 5. The van der Waals surface area contributed by atoms with Crippen molar-refractivity contribution in [1.82, 2.24) is 10.2 Å². The van der Waals surface area contributed by atoms with Crippen molar-refractivity contribution >= 4 is 29.6 Å². The van der Waals surface area contributed by atoms with Crippen molar-refractivity contribution in [3.05, 3.63) is 53.1 Å². The summed E-state index contributed by atoms with van der Waals surface area (Å²) in [6.07, 6.45) is 2.96. The Bertz CT molecular complexity index is 979. The van der Waals surface area contributed by atoms with E-state index in [4.69, 9.17) is 21.1 Å². The Morgan fingerprint density at radius 3 is 2.50 bits per heavy atom. The maximum Gasteiger partial charge on any atom is 0.410 e. The second-order valence-electron chi connectivity index (χ2n) is 7.96. The van der Waals surface area contributed by atoms with Crippen molar-refractivity contribution < 1.29 is 23.9 Å². The topological polar surface area (TPSA) is 84.9 Å². The minimum Gasteiger partial charge on any atom is -0.449 e. The first-order valence-electron chi connectivity index (χ1n) is 11.6. The van der Waals surface area contributed by atoms with Crippen LogP contribution in [0.4, 0.5) is 4.79 Å². The van der Waals surface area contributed by atoms with Gasteiger partial charge in [0.25, 0.3) is 0 Å². The van der Waals surface area contributed by atoms with Gasteiger partial charge in [0.15, 0.2) is 0 Å². The lowest BCUT2D eigenvalue weighted by Crippen LogP contribution is -2.41. The summed E-state index contributed by atoms with van der Waals surface area (Å²) in [5.74, 6) is -0.279. The van der Waals surface area contributed by atoms with Gasteiger partial charge in [-0.15, -0.1) is 0 Å². The van der Waals surface area contributed by atoms with Crippen LogP contribution in [0.2, 0.25) is 5.02 Å². The van der Waals surface area contributed by atoms with Crippen molar-refractivity contribution in [2.45, 2.75) is 53.0 Å². The fraction of sp³-hybridized carbons (Fsp3) is 0.423. The fourth-order valence-electron chi connectivity index (χ4n) is 3.24. The number of amides is 2. The van der Waals surface area contributed by atoms with Crippen LogP contribution in [-0.2, 0) is 20.9 Å². The highest BCUT2D eigenvalue weighted by molar-refractivity contribution is 6.31. The molecule has 2 amide bonds. The van der Waals surface area contributed by atoms with Gasteiger partial charge in [-0.1, -0.05) is 56.5 Å². The summed E-state index contributed by atoms with van der Waals surface area (Å²) in [5, 5.41) is 3.34. The van der Waals surface area contributed by atoms with E-state index < -0.39 is 12.1 Å². The van der Waals surface area contributed by atoms with Gasteiger partial charge in [-0.25, -0.2) is 4.79 Å². The number of hydrogen-bond donors (Lipinski definition) is 1. The average Bonchev–Trinajstić information content (AvgIpc) is 2.80. The summed E-state index contributed by atoms with van der Waals surface area (Å²) in [6, 6.07) is 12.5. The molecule has 0 aliphatic heterocycles. The number of benzene rings is 2. The molecule has 0 bridgehead atoms. The molecule has 8 heteroatoms. The van der Waals surface area contributed by atoms with Crippen LogP contribution in [0.1, 0.15) is 52.0 Å². The Labute approximate surface area is 206 Å². The first-order valence-corrected chi connectivity index (χ1v) is 12.0. The van der Waals surface area contributed by atoms with Crippen LogP contribution in [-0.4, -0.2) is 42.6 Å². The smallest absolute Gasteiger partial charge is 0.410 e. The van der Waals surface area contributed by atoms with Crippen LogP contribution in [0.15, 0.2) is 42.5 Å². The highest BCUT2D eigenvalue weighted by Crippen LogP contribution is 2.33. The van der Waals surface area contributed by atoms with E-state index in [1.807, 2.05) is 38.1 Å². The van der Waals surface area contributed by atoms with E-state index >= 15 is 0 Å². The lowest BCUT2D eigenvalue weighted by Gasteiger charge is -2.22. The van der Waals surface area contributed by atoms with Gasteiger partial charge in [0.2, 0.25) is 5.91 Å². The molecule has 0 aliphatic rings. The van der Waals surface area contributed by atoms with Gasteiger partial charge < -0.3 is 14.8 Å². The maximum absolute atomic E-state index is 12.7. The van der Waals surface area contributed by atoms with Crippen LogP contribution in [0, 0.1) is 0 Å². The number of carbonyl (C=O) groups excluding carboxylic acids is 3. The minimum atomic E-state index is -0.534. The summed E-state index contributed by atoms with van der Waals surface area (Å²) in [4.78, 5) is 38.0. The molecule has 0 aliphatic carbocycles. The number of unbranched alkanes of at least 4 members (excludes halogenated alkanes) is 2. The van der Waals surface area contributed by atoms with Gasteiger partial charge >= 0.3 is 12.1 Å². The summed E-state index contributed by atoms with van der Waals surface area (Å²) in [6.45, 7) is 6.34. The average molecular weight is 489 g/mol. The van der Waals surface area contributed by atoms with E-state index in [0.717, 1.165) is 36.8 Å². The van der Waals surface area contributed by atoms with Crippen molar-refractivity contribution in [1.29, 1.82) is 0 Å². The molecular weight excluding hydrogens is 456 g/mol. The first kappa shape index (κ1) is 27.2. The van der Waals surface area contributed by atoms with Crippen LogP contribution in [0.5, 0.6) is 5.75 Å². The number of esters is 1. The van der Waals surface area contributed by atoms with E-state index in [2.05, 4.69) is 5.32 Å². The lowest BCUT2D eigenvalue weighted by atomic mass is 10.0. The molecule has 0 aromatic heterocycles. The van der Waals surface area contributed by atoms with Gasteiger partial charge in [0.05, 0.1) is 6.61 Å². The third-order valence-corrected chi connectivity index (χ3v) is 5.21. The molecule has 7 nitrogen and oxygen atoms in total. The van der Waals surface area contributed by atoms with Crippen molar-refractivity contribution in [2.75, 3.05) is 19.7 Å². The molecule has 2 aromatic rings. The summed E-state index contributed by atoms with van der Waals surface area (Å²) in [5.41, 5.74) is 2.21. The zero-order chi connectivity index (χ0) is 24.9. The summed E-state index contributed by atoms with van der Waals surface area (Å²) < 4.78 is 10.7. The molecule has 34 heavy (non-hydrogen) atoms. The molecule has 0 atom stereocenters. The SMILES string of the molecule is CCCCNC(=O)CN(Cc1cccc(-c2cc(Cl)ccc2OC(C)=O)c1)C(=O)OCCCC. The van der Waals surface area contributed by atoms with Crippen LogP contribution in [0.3, 0.4) is 0 Å². The second kappa shape index (κ2) is 14.3. The zero-order valence-electron chi connectivity index (χ0n) is 20.1. The molecule has 0 spiro atoms. The number of ether oxygens (including phenoxy) is 2. The Morgan fingerprint density at radius 1 is 1.03 bits per heavy atom. The molecule has 1 N–H and O–H groups in total. The zero-order valence-corrected chi connectivity index (χ0v) is 20.8. The predicted octanol–water partition coefficient (Wildman–Crippen LogP) is 5.59. The number of nitrogens with one attached hydrogen (secondary N) is 1. The van der Waals surface area contributed by atoms with E-state index in [1.165, 1.54) is 11.8 Å². The Hall–Kier alpha value is -3.06. The van der Waals surface area contributed by atoms with Gasteiger partial charge in [-0.2, -0.15) is 0 Å². The minimum absolute atomic E-state index is 0.102. The first-order chi connectivity index (χ1) is 16.3. The molecule has 2 aromatic carbocycles. The summed E-state index contributed by atoms with van der Waals surface area (Å²) in [7, 11) is 0. The molecule has 0 saturated heterocycles. The second-order valence-corrected chi connectivity index (χ2v) is 8.40. The van der Waals surface area contributed by atoms with Crippen LogP contribution >= 0.6 is 11.6 Å². The van der Waals surface area contributed by atoms with E-state index in [9.17, 15) is 14.4 Å². The van der Waals surface area contributed by atoms with Crippen molar-refractivity contribution in [3.63, 3.8) is 0 Å². The molecule has 0 unspecified atom stereocenters. The monoisotopic (exact) mass is 488 g/mol. The highest BCUT2D eigenvalue weighted by atomic mass is 35.5. The molecule has 0 heterocycles. The largest absolute Gasteiger partial charge is 0.449 e. The number of carbonyl (C=O) groups is 3. The standard InChI is InChI=1S/C26H33ClN2O5/c1-4-6-13-28-25(31)18-29(26(32)33-14-7-5-2)17-20-9-8-10-21(15-20)23-16-22(27)11-12-24(23)34-19(3)30/h8-12,15-16H,4-7,13-14,17-18H2,1-3H3,(H,28,31). The summed E-state index contributed by atoms with van der Waals surface area (Å²) >= 11 is 6.18. The van der Waals surface area contributed by atoms with Gasteiger partial charge in [0, 0.05) is 30.6 Å². The van der Waals surface area contributed by atoms with Crippen molar-refractivity contribution in [3.8, 4) is 16.9 Å². The van der Waals surface area contributed by atoms with Gasteiger partial charge in [-0.3, -0.25) is 14.5 Å². The normalized spacial score (nSPS) is 10.5.